The maximum atomic E-state index is 12.4. The molecule has 25 heavy (non-hydrogen) atoms. The number of halogens is 1. The molecule has 0 atom stereocenters. The molecule has 2 aromatic carbocycles. The van der Waals surface area contributed by atoms with Gasteiger partial charge in [0, 0.05) is 39.0 Å². The Labute approximate surface area is 157 Å². The van der Waals surface area contributed by atoms with E-state index in [1.807, 2.05) is 65.3 Å². The van der Waals surface area contributed by atoms with E-state index in [0.717, 1.165) is 20.5 Å². The molecule has 0 fully saturated rings. The van der Waals surface area contributed by atoms with Crippen molar-refractivity contribution in [1.82, 2.24) is 14.4 Å². The average molecular weight is 440 g/mol. The van der Waals surface area contributed by atoms with Gasteiger partial charge in [-0.3, -0.25) is 9.20 Å². The Bertz CT molecular complexity index is 1040. The minimum atomic E-state index is -0.132. The molecule has 0 radical (unpaired) electrons. The highest BCUT2D eigenvalue weighted by atomic mass is 127. The minimum absolute atomic E-state index is 0.132. The summed E-state index contributed by atoms with van der Waals surface area (Å²) in [5.41, 5.74) is 3.09. The molecule has 5 nitrogen and oxygen atoms in total. The molecule has 0 saturated heterocycles. The van der Waals surface area contributed by atoms with E-state index in [2.05, 4.69) is 37.9 Å². The van der Waals surface area contributed by atoms with E-state index < -0.39 is 0 Å². The lowest BCUT2D eigenvalue weighted by atomic mass is 10.1. The number of imidazole rings is 1. The number of hydrogen-bond donors (Lipinski definition) is 1. The fourth-order valence-corrected chi connectivity index (χ4v) is 3.10. The van der Waals surface area contributed by atoms with Crippen molar-refractivity contribution in [2.75, 3.05) is 5.32 Å². The molecule has 2 aromatic heterocycles. The maximum Gasteiger partial charge on any atom is 0.255 e. The van der Waals surface area contributed by atoms with Crippen molar-refractivity contribution in [2.24, 2.45) is 0 Å². The lowest BCUT2D eigenvalue weighted by Gasteiger charge is -2.07. The summed E-state index contributed by atoms with van der Waals surface area (Å²) in [7, 11) is 0. The second-order valence-corrected chi connectivity index (χ2v) is 6.74. The number of fused-ring (bicyclic) bond motifs is 1. The van der Waals surface area contributed by atoms with E-state index in [-0.39, 0.29) is 5.91 Å². The van der Waals surface area contributed by atoms with Crippen LogP contribution >= 0.6 is 22.6 Å². The molecule has 0 unspecified atom stereocenters. The largest absolute Gasteiger partial charge is 0.322 e. The number of hydrogen-bond acceptors (Lipinski definition) is 3. The van der Waals surface area contributed by atoms with Crippen molar-refractivity contribution >= 4 is 40.0 Å². The van der Waals surface area contributed by atoms with Crippen LogP contribution in [0.25, 0.3) is 17.0 Å². The van der Waals surface area contributed by atoms with E-state index in [1.165, 1.54) is 0 Å². The first-order chi connectivity index (χ1) is 12.2. The van der Waals surface area contributed by atoms with Crippen molar-refractivity contribution in [3.05, 3.63) is 82.3 Å². The van der Waals surface area contributed by atoms with Crippen LogP contribution in [-0.2, 0) is 0 Å². The van der Waals surface area contributed by atoms with Crippen LogP contribution in [-0.4, -0.2) is 20.3 Å². The first-order valence-electron chi connectivity index (χ1n) is 7.66. The summed E-state index contributed by atoms with van der Waals surface area (Å²) < 4.78 is 2.89. The van der Waals surface area contributed by atoms with Crippen LogP contribution in [0.2, 0.25) is 0 Å². The number of anilines is 1. The SMILES string of the molecule is O=C(Nc1cccc(-c2cn3cccnc3n2)c1)c1cccc(I)c1. The lowest BCUT2D eigenvalue weighted by Crippen LogP contribution is -2.11. The number of amides is 1. The quantitative estimate of drug-likeness (QED) is 0.485. The van der Waals surface area contributed by atoms with E-state index in [9.17, 15) is 4.79 Å². The third-order valence-corrected chi connectivity index (χ3v) is 4.41. The summed E-state index contributed by atoms with van der Waals surface area (Å²) in [6, 6.07) is 17.0. The summed E-state index contributed by atoms with van der Waals surface area (Å²) >= 11 is 2.19. The number of carbonyl (C=O) groups excluding carboxylic acids is 1. The maximum absolute atomic E-state index is 12.4. The number of rotatable bonds is 3. The van der Waals surface area contributed by atoms with Crippen molar-refractivity contribution in [3.8, 4) is 11.3 Å². The first-order valence-corrected chi connectivity index (χ1v) is 8.74. The van der Waals surface area contributed by atoms with Crippen LogP contribution in [0, 0.1) is 3.57 Å². The summed E-state index contributed by atoms with van der Waals surface area (Å²) in [6.07, 6.45) is 5.54. The third kappa shape index (κ3) is 3.39. The van der Waals surface area contributed by atoms with Gasteiger partial charge in [-0.15, -0.1) is 0 Å². The standard InChI is InChI=1S/C19H13IN4O/c20-15-6-1-5-14(10-15)18(25)22-16-7-2-4-13(11-16)17-12-24-9-3-8-21-19(24)23-17/h1-12H,(H,22,25). The Hall–Kier alpha value is -2.74. The van der Waals surface area contributed by atoms with E-state index in [4.69, 9.17) is 0 Å². The van der Waals surface area contributed by atoms with Gasteiger partial charge in [-0.25, -0.2) is 9.97 Å². The Balaban J connectivity index is 1.62. The normalized spacial score (nSPS) is 10.8. The predicted molar refractivity (Wildman–Crippen MR) is 106 cm³/mol. The summed E-state index contributed by atoms with van der Waals surface area (Å²) in [5, 5.41) is 2.94. The zero-order valence-corrected chi connectivity index (χ0v) is 15.2. The number of benzene rings is 2. The van der Waals surface area contributed by atoms with Crippen LogP contribution in [0.1, 0.15) is 10.4 Å². The Kier molecular flexibility index (Phi) is 4.19. The number of aromatic nitrogens is 3. The molecule has 1 amide bonds. The van der Waals surface area contributed by atoms with Crippen molar-refractivity contribution in [2.45, 2.75) is 0 Å². The smallest absolute Gasteiger partial charge is 0.255 e. The molecule has 122 valence electrons. The zero-order chi connectivity index (χ0) is 17.2. The Morgan fingerprint density at radius 1 is 1.08 bits per heavy atom. The Morgan fingerprint density at radius 2 is 1.96 bits per heavy atom. The van der Waals surface area contributed by atoms with Gasteiger partial charge in [-0.2, -0.15) is 0 Å². The topological polar surface area (TPSA) is 59.3 Å². The minimum Gasteiger partial charge on any atom is -0.322 e. The summed E-state index contributed by atoms with van der Waals surface area (Å²) in [5.74, 6) is 0.512. The van der Waals surface area contributed by atoms with Crippen LogP contribution in [0.5, 0.6) is 0 Å². The second-order valence-electron chi connectivity index (χ2n) is 5.50. The lowest BCUT2D eigenvalue weighted by molar-refractivity contribution is 0.102. The molecule has 4 rings (SSSR count). The van der Waals surface area contributed by atoms with Crippen molar-refractivity contribution < 1.29 is 4.79 Å². The molecule has 6 heteroatoms. The van der Waals surface area contributed by atoms with Crippen molar-refractivity contribution in [3.63, 3.8) is 0 Å². The van der Waals surface area contributed by atoms with Crippen LogP contribution in [0.15, 0.2) is 73.2 Å². The van der Waals surface area contributed by atoms with E-state index in [1.54, 1.807) is 12.3 Å². The molecular formula is C19H13IN4O. The molecule has 0 aliphatic carbocycles. The van der Waals surface area contributed by atoms with Gasteiger partial charge in [0.2, 0.25) is 5.78 Å². The molecule has 0 aliphatic rings. The van der Waals surface area contributed by atoms with Gasteiger partial charge in [0.05, 0.1) is 5.69 Å². The molecule has 0 bridgehead atoms. The highest BCUT2D eigenvalue weighted by Crippen LogP contribution is 2.22. The monoisotopic (exact) mass is 440 g/mol. The summed E-state index contributed by atoms with van der Waals surface area (Å²) in [6.45, 7) is 0. The Morgan fingerprint density at radius 3 is 2.80 bits per heavy atom. The van der Waals surface area contributed by atoms with Gasteiger partial charge in [0.25, 0.3) is 5.91 Å². The average Bonchev–Trinajstić information content (AvgIpc) is 3.06. The molecule has 0 saturated carbocycles. The zero-order valence-electron chi connectivity index (χ0n) is 13.1. The first kappa shape index (κ1) is 15.8. The second kappa shape index (κ2) is 6.64. The fraction of sp³-hybridized carbons (Fsp3) is 0. The third-order valence-electron chi connectivity index (χ3n) is 3.74. The predicted octanol–water partition coefficient (Wildman–Crippen LogP) is 4.25. The fourth-order valence-electron chi connectivity index (χ4n) is 2.56. The van der Waals surface area contributed by atoms with Gasteiger partial charge < -0.3 is 5.32 Å². The van der Waals surface area contributed by atoms with Crippen molar-refractivity contribution in [1.29, 1.82) is 0 Å². The highest BCUT2D eigenvalue weighted by molar-refractivity contribution is 14.1. The molecular weight excluding hydrogens is 427 g/mol. The van der Waals surface area contributed by atoms with Gasteiger partial charge in [-0.1, -0.05) is 18.2 Å². The number of nitrogens with zero attached hydrogens (tertiary/aromatic N) is 3. The molecule has 1 N–H and O–H groups in total. The molecule has 2 heterocycles. The molecule has 0 aliphatic heterocycles. The highest BCUT2D eigenvalue weighted by Gasteiger charge is 2.09. The van der Waals surface area contributed by atoms with Gasteiger partial charge in [0.1, 0.15) is 0 Å². The molecule has 0 spiro atoms. The van der Waals surface area contributed by atoms with Gasteiger partial charge in [0.15, 0.2) is 0 Å². The molecule has 4 aromatic rings. The van der Waals surface area contributed by atoms with E-state index >= 15 is 0 Å². The number of nitrogens with one attached hydrogen (secondary N) is 1. The van der Waals surface area contributed by atoms with Gasteiger partial charge in [-0.05, 0) is 59.0 Å². The van der Waals surface area contributed by atoms with Crippen LogP contribution in [0.4, 0.5) is 5.69 Å². The van der Waals surface area contributed by atoms with Gasteiger partial charge >= 0.3 is 0 Å². The van der Waals surface area contributed by atoms with E-state index in [0.29, 0.717) is 11.3 Å². The van der Waals surface area contributed by atoms with Crippen LogP contribution < -0.4 is 5.32 Å². The summed E-state index contributed by atoms with van der Waals surface area (Å²) in [4.78, 5) is 21.1. The number of carbonyl (C=O) groups is 1. The van der Waals surface area contributed by atoms with Crippen LogP contribution in [0.3, 0.4) is 0 Å².